The lowest BCUT2D eigenvalue weighted by molar-refractivity contribution is 0.0936. The number of nitrogens with zero attached hydrogens (tertiary/aromatic N) is 2. The molecule has 2 aromatic rings. The molecule has 2 heterocycles. The minimum Gasteiger partial charge on any atom is -0.472 e. The van der Waals surface area contributed by atoms with E-state index in [1.807, 2.05) is 17.7 Å². The summed E-state index contributed by atoms with van der Waals surface area (Å²) >= 11 is 0. The standard InChI is InChI=1S/C11H13N3O2/c1-9(6-14-4-3-12-8-14)13-11(15)10-2-5-16-7-10/h2-5,7-9H,6H2,1H3,(H,13,15)/t9-/m0/s1. The van der Waals surface area contributed by atoms with Gasteiger partial charge in [0.15, 0.2) is 0 Å². The van der Waals surface area contributed by atoms with Gasteiger partial charge >= 0.3 is 0 Å². The van der Waals surface area contributed by atoms with Gasteiger partial charge < -0.3 is 14.3 Å². The Morgan fingerprint density at radius 1 is 1.69 bits per heavy atom. The van der Waals surface area contributed by atoms with E-state index in [1.54, 1.807) is 18.6 Å². The second-order valence-corrected chi connectivity index (χ2v) is 3.65. The molecule has 84 valence electrons. The Balaban J connectivity index is 1.88. The Bertz CT molecular complexity index is 434. The second-order valence-electron chi connectivity index (χ2n) is 3.65. The molecule has 0 aliphatic rings. The molecule has 0 aromatic carbocycles. The Morgan fingerprint density at radius 3 is 3.19 bits per heavy atom. The lowest BCUT2D eigenvalue weighted by Gasteiger charge is -2.13. The number of hydrogen-bond donors (Lipinski definition) is 1. The van der Waals surface area contributed by atoms with Crippen LogP contribution in [0.25, 0.3) is 0 Å². The van der Waals surface area contributed by atoms with Crippen molar-refractivity contribution in [2.24, 2.45) is 0 Å². The van der Waals surface area contributed by atoms with Crippen LogP contribution in [-0.2, 0) is 6.54 Å². The second kappa shape index (κ2) is 4.65. The highest BCUT2D eigenvalue weighted by molar-refractivity contribution is 5.93. The fraction of sp³-hybridized carbons (Fsp3) is 0.273. The minimum absolute atomic E-state index is 0.0385. The van der Waals surface area contributed by atoms with Crippen LogP contribution in [0.1, 0.15) is 17.3 Å². The predicted octanol–water partition coefficient (Wildman–Crippen LogP) is 1.29. The van der Waals surface area contributed by atoms with E-state index >= 15 is 0 Å². The molecule has 0 fully saturated rings. The number of amides is 1. The molecule has 0 radical (unpaired) electrons. The molecule has 0 saturated carbocycles. The van der Waals surface area contributed by atoms with Gasteiger partial charge in [-0.25, -0.2) is 4.98 Å². The first-order valence-corrected chi connectivity index (χ1v) is 5.04. The van der Waals surface area contributed by atoms with Crippen LogP contribution in [0.4, 0.5) is 0 Å². The number of nitrogens with one attached hydrogen (secondary N) is 1. The maximum absolute atomic E-state index is 11.6. The van der Waals surface area contributed by atoms with Crippen LogP contribution in [0, 0.1) is 0 Å². The summed E-state index contributed by atoms with van der Waals surface area (Å²) in [7, 11) is 0. The summed E-state index contributed by atoms with van der Waals surface area (Å²) in [6, 6.07) is 1.68. The van der Waals surface area contributed by atoms with Gasteiger partial charge in [-0.15, -0.1) is 0 Å². The molecule has 0 unspecified atom stereocenters. The topological polar surface area (TPSA) is 60.1 Å². The summed E-state index contributed by atoms with van der Waals surface area (Å²) in [4.78, 5) is 15.6. The fourth-order valence-electron chi connectivity index (χ4n) is 1.46. The maximum Gasteiger partial charge on any atom is 0.254 e. The molecule has 5 nitrogen and oxygen atoms in total. The lowest BCUT2D eigenvalue weighted by atomic mass is 10.2. The van der Waals surface area contributed by atoms with E-state index in [0.29, 0.717) is 12.1 Å². The van der Waals surface area contributed by atoms with E-state index in [2.05, 4.69) is 10.3 Å². The van der Waals surface area contributed by atoms with Crippen LogP contribution < -0.4 is 5.32 Å². The van der Waals surface area contributed by atoms with Crippen LogP contribution in [0.2, 0.25) is 0 Å². The molecule has 0 aliphatic heterocycles. The highest BCUT2D eigenvalue weighted by atomic mass is 16.3. The zero-order valence-corrected chi connectivity index (χ0v) is 8.96. The molecule has 5 heteroatoms. The zero-order chi connectivity index (χ0) is 11.4. The maximum atomic E-state index is 11.6. The van der Waals surface area contributed by atoms with E-state index in [4.69, 9.17) is 4.42 Å². The molecule has 0 bridgehead atoms. The highest BCUT2D eigenvalue weighted by Gasteiger charge is 2.10. The van der Waals surface area contributed by atoms with Gasteiger partial charge in [0.05, 0.1) is 18.2 Å². The van der Waals surface area contributed by atoms with Crippen LogP contribution >= 0.6 is 0 Å². The Hall–Kier alpha value is -2.04. The molecule has 1 amide bonds. The van der Waals surface area contributed by atoms with Crippen molar-refractivity contribution in [3.05, 3.63) is 42.9 Å². The predicted molar refractivity (Wildman–Crippen MR) is 57.9 cm³/mol. The summed E-state index contributed by atoms with van der Waals surface area (Å²) in [5.74, 6) is -0.124. The first kappa shape index (κ1) is 10.5. The fourth-order valence-corrected chi connectivity index (χ4v) is 1.46. The third-order valence-electron chi connectivity index (χ3n) is 2.20. The first-order valence-electron chi connectivity index (χ1n) is 5.04. The van der Waals surface area contributed by atoms with Crippen molar-refractivity contribution >= 4 is 5.91 Å². The van der Waals surface area contributed by atoms with E-state index in [0.717, 1.165) is 0 Å². The minimum atomic E-state index is -0.124. The van der Waals surface area contributed by atoms with Crippen molar-refractivity contribution in [2.75, 3.05) is 0 Å². The van der Waals surface area contributed by atoms with E-state index < -0.39 is 0 Å². The normalized spacial score (nSPS) is 12.3. The zero-order valence-electron chi connectivity index (χ0n) is 8.96. The van der Waals surface area contributed by atoms with Crippen molar-refractivity contribution in [3.63, 3.8) is 0 Å². The molecular weight excluding hydrogens is 206 g/mol. The van der Waals surface area contributed by atoms with Gasteiger partial charge in [-0.3, -0.25) is 4.79 Å². The van der Waals surface area contributed by atoms with Gasteiger partial charge in [0.2, 0.25) is 0 Å². The third-order valence-corrected chi connectivity index (χ3v) is 2.20. The average molecular weight is 219 g/mol. The van der Waals surface area contributed by atoms with Crippen LogP contribution in [0.15, 0.2) is 41.7 Å². The number of imidazole rings is 1. The van der Waals surface area contributed by atoms with E-state index in [1.165, 1.54) is 12.5 Å². The monoisotopic (exact) mass is 219 g/mol. The molecular formula is C11H13N3O2. The van der Waals surface area contributed by atoms with Crippen LogP contribution in [-0.4, -0.2) is 21.5 Å². The smallest absolute Gasteiger partial charge is 0.254 e. The van der Waals surface area contributed by atoms with Gasteiger partial charge in [-0.2, -0.15) is 0 Å². The van der Waals surface area contributed by atoms with Gasteiger partial charge in [0, 0.05) is 25.0 Å². The molecule has 2 rings (SSSR count). The Labute approximate surface area is 93.1 Å². The summed E-state index contributed by atoms with van der Waals surface area (Å²) in [6.45, 7) is 2.64. The quantitative estimate of drug-likeness (QED) is 0.843. The van der Waals surface area contributed by atoms with Crippen molar-refractivity contribution < 1.29 is 9.21 Å². The Morgan fingerprint density at radius 2 is 2.56 bits per heavy atom. The SMILES string of the molecule is C[C@@H](Cn1ccnc1)NC(=O)c1ccoc1. The van der Waals surface area contributed by atoms with Gasteiger partial charge in [0.1, 0.15) is 6.26 Å². The molecule has 2 aromatic heterocycles. The number of furan rings is 1. The number of hydrogen-bond acceptors (Lipinski definition) is 3. The van der Waals surface area contributed by atoms with Crippen LogP contribution in [0.5, 0.6) is 0 Å². The van der Waals surface area contributed by atoms with Crippen molar-refractivity contribution in [2.45, 2.75) is 19.5 Å². The number of carbonyl (C=O) groups is 1. The molecule has 0 saturated heterocycles. The van der Waals surface area contributed by atoms with Crippen molar-refractivity contribution in [3.8, 4) is 0 Å². The summed E-state index contributed by atoms with van der Waals surface area (Å²) in [5, 5.41) is 2.87. The number of aromatic nitrogens is 2. The van der Waals surface area contributed by atoms with Gasteiger partial charge in [-0.1, -0.05) is 0 Å². The number of carbonyl (C=O) groups excluding carboxylic acids is 1. The molecule has 16 heavy (non-hydrogen) atoms. The van der Waals surface area contributed by atoms with Gasteiger partial charge in [-0.05, 0) is 13.0 Å². The highest BCUT2D eigenvalue weighted by Crippen LogP contribution is 2.00. The average Bonchev–Trinajstić information content (AvgIpc) is 2.88. The first-order chi connectivity index (χ1) is 7.75. The summed E-state index contributed by atoms with van der Waals surface area (Å²) in [5.41, 5.74) is 0.539. The molecule has 0 spiro atoms. The van der Waals surface area contributed by atoms with Gasteiger partial charge in [0.25, 0.3) is 5.91 Å². The molecule has 1 atom stereocenters. The van der Waals surface area contributed by atoms with E-state index in [-0.39, 0.29) is 11.9 Å². The van der Waals surface area contributed by atoms with Crippen molar-refractivity contribution in [1.29, 1.82) is 0 Å². The lowest BCUT2D eigenvalue weighted by Crippen LogP contribution is -2.35. The largest absolute Gasteiger partial charge is 0.472 e. The van der Waals surface area contributed by atoms with Crippen molar-refractivity contribution in [1.82, 2.24) is 14.9 Å². The van der Waals surface area contributed by atoms with Crippen LogP contribution in [0.3, 0.4) is 0 Å². The summed E-state index contributed by atoms with van der Waals surface area (Å²) < 4.78 is 6.76. The Kier molecular flexibility index (Phi) is 3.05. The van der Waals surface area contributed by atoms with E-state index in [9.17, 15) is 4.79 Å². The third kappa shape index (κ3) is 2.50. The number of rotatable bonds is 4. The molecule has 1 N–H and O–H groups in total. The summed E-state index contributed by atoms with van der Waals surface area (Å²) in [6.07, 6.45) is 8.21. The molecule has 0 aliphatic carbocycles.